The second-order valence-electron chi connectivity index (χ2n) is 9.77. The molecule has 1 atom stereocenters. The first-order valence-electron chi connectivity index (χ1n) is 13.2. The Bertz CT molecular complexity index is 1240. The van der Waals surface area contributed by atoms with Crippen molar-refractivity contribution >= 4 is 15.7 Å². The Morgan fingerprint density at radius 1 is 1.02 bits per heavy atom. The molecule has 1 N–H and O–H groups in total. The van der Waals surface area contributed by atoms with Crippen LogP contribution in [0.4, 0.5) is 13.2 Å². The number of nitrogens with zero attached hydrogens (tertiary/aromatic N) is 1. The van der Waals surface area contributed by atoms with E-state index in [1.165, 1.54) is 36.4 Å². The number of benzene rings is 2. The Kier molecular flexibility index (Phi) is 10.1. The number of carbonyl (C=O) groups is 1. The summed E-state index contributed by atoms with van der Waals surface area (Å²) in [6.07, 6.45) is -3.01. The number of methoxy groups -OCH3 is 1. The summed E-state index contributed by atoms with van der Waals surface area (Å²) in [6, 6.07) is 10.3. The van der Waals surface area contributed by atoms with E-state index in [1.54, 1.807) is 7.11 Å². The second kappa shape index (κ2) is 13.4. The van der Waals surface area contributed by atoms with E-state index in [9.17, 15) is 26.4 Å². The normalized spacial score (nSPS) is 19.9. The van der Waals surface area contributed by atoms with Crippen LogP contribution in [0, 0.1) is 0 Å². The topological polar surface area (TPSA) is 113 Å². The maximum atomic E-state index is 14.0. The zero-order valence-corrected chi connectivity index (χ0v) is 23.3. The minimum Gasteiger partial charge on any atom is -0.457 e. The minimum atomic E-state index is -4.81. The highest BCUT2D eigenvalue weighted by Gasteiger charge is 2.53. The molecule has 2 fully saturated rings. The molecule has 4 rings (SSSR count). The van der Waals surface area contributed by atoms with Crippen molar-refractivity contribution in [3.05, 3.63) is 48.5 Å². The summed E-state index contributed by atoms with van der Waals surface area (Å²) in [6.45, 7) is 2.32. The quantitative estimate of drug-likeness (QED) is 0.378. The van der Waals surface area contributed by atoms with Crippen molar-refractivity contribution < 1.29 is 50.2 Å². The lowest BCUT2D eigenvalue weighted by Crippen LogP contribution is -2.58. The highest BCUT2D eigenvalue weighted by molar-refractivity contribution is 7.93. The lowest BCUT2D eigenvalue weighted by atomic mass is 9.95. The molecular weight excluding hydrogens is 569 g/mol. The number of nitrogens with one attached hydrogen (secondary N) is 1. The van der Waals surface area contributed by atoms with E-state index in [2.05, 4.69) is 10.2 Å². The van der Waals surface area contributed by atoms with Gasteiger partial charge in [-0.1, -0.05) is 0 Å². The molecule has 0 saturated carbocycles. The number of hydrogen-bond donors (Lipinski definition) is 1. The van der Waals surface area contributed by atoms with Gasteiger partial charge in [0.05, 0.1) is 11.5 Å². The number of hydrogen-bond acceptors (Lipinski definition) is 9. The Balaban J connectivity index is 1.49. The molecule has 10 nitrogen and oxygen atoms in total. The number of likely N-dealkylation sites (tertiary alicyclic amines) is 1. The number of ether oxygens (including phenoxy) is 4. The number of rotatable bonds is 11. The van der Waals surface area contributed by atoms with Gasteiger partial charge in [-0.3, -0.25) is 4.79 Å². The first-order chi connectivity index (χ1) is 19.5. The van der Waals surface area contributed by atoms with Crippen LogP contribution >= 0.6 is 0 Å². The molecule has 0 aliphatic carbocycles. The lowest BCUT2D eigenvalue weighted by molar-refractivity contribution is -0.274. The van der Waals surface area contributed by atoms with E-state index >= 15 is 0 Å². The monoisotopic (exact) mass is 602 g/mol. The maximum absolute atomic E-state index is 14.0. The molecular formula is C27H33F3N2O8S. The molecule has 1 unspecified atom stereocenters. The molecule has 1 amide bonds. The van der Waals surface area contributed by atoms with Gasteiger partial charge in [0.25, 0.3) is 5.91 Å². The summed E-state index contributed by atoms with van der Waals surface area (Å²) < 4.78 is 83.5. The number of halogens is 3. The van der Waals surface area contributed by atoms with Crippen LogP contribution in [-0.4, -0.2) is 76.6 Å². The average Bonchev–Trinajstić information content (AvgIpc) is 2.96. The molecule has 0 bridgehead atoms. The molecule has 2 heterocycles. The van der Waals surface area contributed by atoms with E-state index in [0.29, 0.717) is 39.3 Å². The first-order valence-corrected chi connectivity index (χ1v) is 14.7. The average molecular weight is 603 g/mol. The summed E-state index contributed by atoms with van der Waals surface area (Å²) in [5.74, 6) is -0.683. The fraction of sp³-hybridized carbons (Fsp3) is 0.519. The standard InChI is InChI=1S/C27H33F3N2O8S/c1-36-19-17-32-15-13-26(14-16-32,25(33)31-40-24-4-2-3-18-37-24)41(34,35)23-11-9-21(10-12-23)38-20-5-7-22(8-6-20)39-27(28,29)30/h5-12,24H,2-4,13-19H2,1H3,(H,31,33). The Morgan fingerprint density at radius 3 is 2.20 bits per heavy atom. The summed E-state index contributed by atoms with van der Waals surface area (Å²) in [7, 11) is -2.62. The molecule has 0 radical (unpaired) electrons. The van der Waals surface area contributed by atoms with Gasteiger partial charge >= 0.3 is 6.36 Å². The van der Waals surface area contributed by atoms with Crippen LogP contribution < -0.4 is 15.0 Å². The summed E-state index contributed by atoms with van der Waals surface area (Å²) in [5, 5.41) is 0. The van der Waals surface area contributed by atoms with E-state index in [1.807, 2.05) is 4.90 Å². The number of amides is 1. The van der Waals surface area contributed by atoms with Crippen LogP contribution in [0.25, 0.3) is 0 Å². The zero-order valence-electron chi connectivity index (χ0n) is 22.5. The molecule has 0 aromatic heterocycles. The van der Waals surface area contributed by atoms with Crippen molar-refractivity contribution in [1.82, 2.24) is 10.4 Å². The number of alkyl halides is 3. The van der Waals surface area contributed by atoms with Gasteiger partial charge in [-0.15, -0.1) is 13.2 Å². The third-order valence-corrected chi connectivity index (χ3v) is 9.57. The van der Waals surface area contributed by atoms with Gasteiger partial charge in [0, 0.05) is 39.8 Å². The van der Waals surface area contributed by atoms with Crippen LogP contribution in [0.2, 0.25) is 0 Å². The maximum Gasteiger partial charge on any atom is 0.573 e. The molecule has 2 aliphatic heterocycles. The predicted molar refractivity (Wildman–Crippen MR) is 140 cm³/mol. The van der Waals surface area contributed by atoms with E-state index in [4.69, 9.17) is 19.0 Å². The summed E-state index contributed by atoms with van der Waals surface area (Å²) in [5.41, 5.74) is 2.37. The van der Waals surface area contributed by atoms with Gasteiger partial charge in [-0.2, -0.15) is 0 Å². The minimum absolute atomic E-state index is 0.0460. The van der Waals surface area contributed by atoms with Crippen molar-refractivity contribution in [2.75, 3.05) is 40.0 Å². The molecule has 41 heavy (non-hydrogen) atoms. The fourth-order valence-electron chi connectivity index (χ4n) is 4.75. The highest BCUT2D eigenvalue weighted by atomic mass is 32.2. The molecule has 2 saturated heterocycles. The van der Waals surface area contributed by atoms with Gasteiger partial charge in [-0.05, 0) is 74.2 Å². The number of carbonyl (C=O) groups excluding carboxylic acids is 1. The van der Waals surface area contributed by atoms with Crippen molar-refractivity contribution in [3.8, 4) is 17.2 Å². The van der Waals surface area contributed by atoms with Crippen molar-refractivity contribution in [3.63, 3.8) is 0 Å². The summed E-state index contributed by atoms with van der Waals surface area (Å²) >= 11 is 0. The third kappa shape index (κ3) is 7.89. The predicted octanol–water partition coefficient (Wildman–Crippen LogP) is 4.21. The number of sulfone groups is 1. The van der Waals surface area contributed by atoms with Crippen LogP contribution in [0.1, 0.15) is 32.1 Å². The number of piperidine rings is 1. The van der Waals surface area contributed by atoms with Gasteiger partial charge in [0.1, 0.15) is 17.2 Å². The summed E-state index contributed by atoms with van der Waals surface area (Å²) in [4.78, 5) is 20.9. The smallest absolute Gasteiger partial charge is 0.457 e. The van der Waals surface area contributed by atoms with Crippen LogP contribution in [0.15, 0.2) is 53.4 Å². The van der Waals surface area contributed by atoms with E-state index in [0.717, 1.165) is 25.0 Å². The molecule has 226 valence electrons. The van der Waals surface area contributed by atoms with Gasteiger partial charge in [0.2, 0.25) is 0 Å². The van der Waals surface area contributed by atoms with Crippen LogP contribution in [-0.2, 0) is 28.9 Å². The Labute approximate surface area is 236 Å². The molecule has 14 heteroatoms. The fourth-order valence-corrected chi connectivity index (χ4v) is 6.70. The van der Waals surface area contributed by atoms with Crippen molar-refractivity contribution in [2.24, 2.45) is 0 Å². The van der Waals surface area contributed by atoms with Gasteiger partial charge < -0.3 is 23.8 Å². The Hall–Kier alpha value is -2.91. The van der Waals surface area contributed by atoms with Crippen molar-refractivity contribution in [2.45, 2.75) is 54.4 Å². The van der Waals surface area contributed by atoms with Crippen LogP contribution in [0.5, 0.6) is 17.2 Å². The number of hydroxylamine groups is 1. The van der Waals surface area contributed by atoms with E-state index < -0.39 is 38.9 Å². The molecule has 0 spiro atoms. The van der Waals surface area contributed by atoms with Crippen molar-refractivity contribution in [1.29, 1.82) is 0 Å². The SMILES string of the molecule is COCCN1CCC(C(=O)NOC2CCCCO2)(S(=O)(=O)c2ccc(Oc3ccc(OC(F)(F)F)cc3)cc2)CC1. The lowest BCUT2D eigenvalue weighted by Gasteiger charge is -2.40. The molecule has 2 aromatic carbocycles. The second-order valence-corrected chi connectivity index (χ2v) is 12.0. The van der Waals surface area contributed by atoms with Gasteiger partial charge in [0.15, 0.2) is 20.9 Å². The Morgan fingerprint density at radius 2 is 1.63 bits per heavy atom. The van der Waals surface area contributed by atoms with Gasteiger partial charge in [-0.25, -0.2) is 18.7 Å². The van der Waals surface area contributed by atoms with E-state index in [-0.39, 0.29) is 29.2 Å². The van der Waals surface area contributed by atoms with Crippen LogP contribution in [0.3, 0.4) is 0 Å². The highest BCUT2D eigenvalue weighted by Crippen LogP contribution is 2.37. The molecule has 2 aliphatic rings. The largest absolute Gasteiger partial charge is 0.573 e. The third-order valence-electron chi connectivity index (χ3n) is 7.05. The molecule has 2 aromatic rings. The first kappa shape index (κ1) is 31.0. The zero-order chi connectivity index (χ0) is 29.5.